The maximum atomic E-state index is 12.6. The average molecular weight is 365 g/mol. The lowest BCUT2D eigenvalue weighted by atomic mass is 9.88. The molecule has 28 heavy (non-hydrogen) atoms. The molecule has 0 radical (unpaired) electrons. The van der Waals surface area contributed by atoms with Crippen LogP contribution in [0.5, 0.6) is 0 Å². The van der Waals surface area contributed by atoms with E-state index in [4.69, 9.17) is 0 Å². The van der Waals surface area contributed by atoms with Crippen LogP contribution in [0.2, 0.25) is 0 Å². The zero-order chi connectivity index (χ0) is 19.2. The molecule has 0 aromatic heterocycles. The second-order valence-electron chi connectivity index (χ2n) is 6.98. The van der Waals surface area contributed by atoms with Crippen molar-refractivity contribution in [1.82, 2.24) is 5.32 Å². The van der Waals surface area contributed by atoms with E-state index in [2.05, 4.69) is 59.9 Å². The highest BCUT2D eigenvalue weighted by Gasteiger charge is 2.14. The molecule has 1 N–H and O–H groups in total. The number of benzene rings is 4. The normalized spacial score (nSPS) is 10.9. The predicted molar refractivity (Wildman–Crippen MR) is 116 cm³/mol. The minimum absolute atomic E-state index is 0.0226. The Morgan fingerprint density at radius 1 is 0.679 bits per heavy atom. The number of rotatable bonds is 6. The van der Waals surface area contributed by atoms with Crippen molar-refractivity contribution in [1.29, 1.82) is 0 Å². The first-order valence-corrected chi connectivity index (χ1v) is 9.68. The van der Waals surface area contributed by atoms with Crippen LogP contribution in [-0.2, 0) is 0 Å². The summed E-state index contributed by atoms with van der Waals surface area (Å²) in [6.07, 6.45) is 0.855. The van der Waals surface area contributed by atoms with Gasteiger partial charge in [-0.3, -0.25) is 4.79 Å². The van der Waals surface area contributed by atoms with Gasteiger partial charge in [-0.05, 0) is 40.5 Å². The summed E-state index contributed by atoms with van der Waals surface area (Å²) < 4.78 is 0. The minimum atomic E-state index is -0.0226. The molecular weight excluding hydrogens is 342 g/mol. The molecule has 0 unspecified atom stereocenters. The van der Waals surface area contributed by atoms with Gasteiger partial charge in [0.25, 0.3) is 5.91 Å². The van der Waals surface area contributed by atoms with E-state index in [-0.39, 0.29) is 11.8 Å². The van der Waals surface area contributed by atoms with Crippen LogP contribution >= 0.6 is 0 Å². The van der Waals surface area contributed by atoms with Gasteiger partial charge in [0.15, 0.2) is 0 Å². The lowest BCUT2D eigenvalue weighted by molar-refractivity contribution is 0.0953. The average Bonchev–Trinajstić information content (AvgIpc) is 2.77. The van der Waals surface area contributed by atoms with Crippen LogP contribution in [0, 0.1) is 0 Å². The van der Waals surface area contributed by atoms with Gasteiger partial charge >= 0.3 is 0 Å². The summed E-state index contributed by atoms with van der Waals surface area (Å²) in [6, 6.07) is 34.9. The Kier molecular flexibility index (Phi) is 5.48. The third kappa shape index (κ3) is 4.12. The molecule has 2 heteroatoms. The van der Waals surface area contributed by atoms with Crippen LogP contribution in [0.25, 0.3) is 10.8 Å². The molecule has 0 aliphatic heterocycles. The largest absolute Gasteiger partial charge is 0.352 e. The van der Waals surface area contributed by atoms with E-state index < -0.39 is 0 Å². The molecular formula is C26H23NO. The molecule has 0 spiro atoms. The topological polar surface area (TPSA) is 29.1 Å². The number of hydrogen-bond acceptors (Lipinski definition) is 1. The van der Waals surface area contributed by atoms with Gasteiger partial charge in [0.1, 0.15) is 0 Å². The van der Waals surface area contributed by atoms with E-state index in [1.54, 1.807) is 0 Å². The molecule has 4 aromatic rings. The highest BCUT2D eigenvalue weighted by Crippen LogP contribution is 2.27. The Labute approximate surface area is 165 Å². The highest BCUT2D eigenvalue weighted by atomic mass is 16.1. The summed E-state index contributed by atoms with van der Waals surface area (Å²) in [7, 11) is 0. The molecule has 0 saturated carbocycles. The van der Waals surface area contributed by atoms with Crippen LogP contribution < -0.4 is 5.32 Å². The van der Waals surface area contributed by atoms with Gasteiger partial charge in [0, 0.05) is 18.0 Å². The summed E-state index contributed by atoms with van der Waals surface area (Å²) >= 11 is 0. The molecule has 0 atom stereocenters. The maximum Gasteiger partial charge on any atom is 0.251 e. The smallest absolute Gasteiger partial charge is 0.251 e. The number of hydrogen-bond donors (Lipinski definition) is 1. The summed E-state index contributed by atoms with van der Waals surface area (Å²) in [6.45, 7) is 0.625. The zero-order valence-electron chi connectivity index (χ0n) is 15.7. The van der Waals surface area contributed by atoms with Crippen molar-refractivity contribution < 1.29 is 4.79 Å². The number of carbonyl (C=O) groups is 1. The molecule has 0 aliphatic rings. The Morgan fingerprint density at radius 2 is 1.25 bits per heavy atom. The fourth-order valence-electron chi connectivity index (χ4n) is 3.66. The number of fused-ring (bicyclic) bond motifs is 1. The van der Waals surface area contributed by atoms with Crippen LogP contribution in [0.4, 0.5) is 0 Å². The first-order valence-electron chi connectivity index (χ1n) is 9.68. The van der Waals surface area contributed by atoms with Gasteiger partial charge in [-0.15, -0.1) is 0 Å². The standard InChI is InChI=1S/C26H23NO/c28-26(24-16-15-20-9-7-8-14-23(20)19-24)27-18-17-25(21-10-3-1-4-11-21)22-12-5-2-6-13-22/h1-16,19,25H,17-18H2,(H,27,28). The van der Waals surface area contributed by atoms with E-state index >= 15 is 0 Å². The van der Waals surface area contributed by atoms with E-state index in [0.717, 1.165) is 17.2 Å². The van der Waals surface area contributed by atoms with E-state index in [9.17, 15) is 4.79 Å². The van der Waals surface area contributed by atoms with Gasteiger partial charge in [-0.2, -0.15) is 0 Å². The Balaban J connectivity index is 1.46. The number of carbonyl (C=O) groups excluding carboxylic acids is 1. The first-order chi connectivity index (χ1) is 13.8. The van der Waals surface area contributed by atoms with E-state index in [1.165, 1.54) is 11.1 Å². The van der Waals surface area contributed by atoms with Crippen LogP contribution in [0.1, 0.15) is 33.8 Å². The summed E-state index contributed by atoms with van der Waals surface area (Å²) in [5.41, 5.74) is 3.25. The maximum absolute atomic E-state index is 12.6. The van der Waals surface area contributed by atoms with Crippen molar-refractivity contribution in [2.24, 2.45) is 0 Å². The van der Waals surface area contributed by atoms with Gasteiger partial charge in [-0.1, -0.05) is 91.0 Å². The van der Waals surface area contributed by atoms with Crippen LogP contribution in [0.3, 0.4) is 0 Å². The van der Waals surface area contributed by atoms with Gasteiger partial charge in [0.2, 0.25) is 0 Å². The third-order valence-corrected chi connectivity index (χ3v) is 5.13. The fraction of sp³-hybridized carbons (Fsp3) is 0.115. The molecule has 4 aromatic carbocycles. The fourth-order valence-corrected chi connectivity index (χ4v) is 3.66. The molecule has 2 nitrogen and oxygen atoms in total. The molecule has 0 heterocycles. The molecule has 0 fully saturated rings. The van der Waals surface area contributed by atoms with E-state index in [1.807, 2.05) is 48.5 Å². The number of nitrogens with one attached hydrogen (secondary N) is 1. The molecule has 138 valence electrons. The van der Waals surface area contributed by atoms with Crippen molar-refractivity contribution >= 4 is 16.7 Å². The van der Waals surface area contributed by atoms with Crippen molar-refractivity contribution in [2.45, 2.75) is 12.3 Å². The molecule has 0 bridgehead atoms. The second-order valence-corrected chi connectivity index (χ2v) is 6.98. The molecule has 4 rings (SSSR count). The van der Waals surface area contributed by atoms with Gasteiger partial charge < -0.3 is 5.32 Å². The molecule has 0 saturated heterocycles. The Morgan fingerprint density at radius 3 is 1.89 bits per heavy atom. The third-order valence-electron chi connectivity index (χ3n) is 5.13. The van der Waals surface area contributed by atoms with Crippen LogP contribution in [-0.4, -0.2) is 12.5 Å². The Bertz CT molecular complexity index is 1020. The quantitative estimate of drug-likeness (QED) is 0.460. The summed E-state index contributed by atoms with van der Waals surface area (Å²) in [4.78, 5) is 12.6. The van der Waals surface area contributed by atoms with Crippen molar-refractivity contribution in [3.05, 3.63) is 120 Å². The molecule has 0 aliphatic carbocycles. The van der Waals surface area contributed by atoms with Gasteiger partial charge in [-0.25, -0.2) is 0 Å². The lowest BCUT2D eigenvalue weighted by Gasteiger charge is -2.18. The monoisotopic (exact) mass is 365 g/mol. The number of amides is 1. The van der Waals surface area contributed by atoms with Crippen molar-refractivity contribution in [3.8, 4) is 0 Å². The predicted octanol–water partition coefficient (Wildman–Crippen LogP) is 5.79. The van der Waals surface area contributed by atoms with Gasteiger partial charge in [0.05, 0.1) is 0 Å². The minimum Gasteiger partial charge on any atom is -0.352 e. The summed E-state index contributed by atoms with van der Waals surface area (Å²) in [5.74, 6) is 0.241. The summed E-state index contributed by atoms with van der Waals surface area (Å²) in [5, 5.41) is 5.33. The molecule has 1 amide bonds. The van der Waals surface area contributed by atoms with Crippen molar-refractivity contribution in [2.75, 3.05) is 6.54 Å². The zero-order valence-corrected chi connectivity index (χ0v) is 15.7. The second kappa shape index (κ2) is 8.53. The van der Waals surface area contributed by atoms with Crippen LogP contribution in [0.15, 0.2) is 103 Å². The Hall–Kier alpha value is -3.39. The SMILES string of the molecule is O=C(NCCC(c1ccccc1)c1ccccc1)c1ccc2ccccc2c1. The van der Waals surface area contributed by atoms with Crippen molar-refractivity contribution in [3.63, 3.8) is 0 Å². The van der Waals surface area contributed by atoms with E-state index in [0.29, 0.717) is 12.1 Å². The first kappa shape index (κ1) is 18.0. The highest BCUT2D eigenvalue weighted by molar-refractivity contribution is 5.98. The lowest BCUT2D eigenvalue weighted by Crippen LogP contribution is -2.25.